The molecule has 2 rings (SSSR count). The highest BCUT2D eigenvalue weighted by molar-refractivity contribution is 9.10. The van der Waals surface area contributed by atoms with Crippen LogP contribution in [0.4, 0.5) is 0 Å². The van der Waals surface area contributed by atoms with Crippen LogP contribution in [-0.2, 0) is 13.0 Å². The highest BCUT2D eigenvalue weighted by atomic mass is 79.9. The van der Waals surface area contributed by atoms with Crippen LogP contribution in [0.1, 0.15) is 36.8 Å². The zero-order chi connectivity index (χ0) is 15.4. The number of hydrogen-bond donors (Lipinski definition) is 1. The molecule has 4 heteroatoms. The quantitative estimate of drug-likeness (QED) is 0.850. The van der Waals surface area contributed by atoms with Gasteiger partial charge in [-0.25, -0.2) is 0 Å². The van der Waals surface area contributed by atoms with E-state index in [9.17, 15) is 0 Å². The molecule has 0 aliphatic heterocycles. The van der Waals surface area contributed by atoms with Gasteiger partial charge in [-0.15, -0.1) is 0 Å². The number of aryl methyl sites for hydroxylation is 2. The van der Waals surface area contributed by atoms with E-state index in [1.54, 1.807) is 0 Å². The average molecular weight is 350 g/mol. The molecule has 2 unspecified atom stereocenters. The zero-order valence-electron chi connectivity index (χ0n) is 13.2. The smallest absolute Gasteiger partial charge is 0.0738 e. The molecule has 21 heavy (non-hydrogen) atoms. The molecule has 1 N–H and O–H groups in total. The van der Waals surface area contributed by atoms with Crippen LogP contribution in [0.5, 0.6) is 0 Å². The van der Waals surface area contributed by atoms with Crippen LogP contribution in [0.3, 0.4) is 0 Å². The van der Waals surface area contributed by atoms with E-state index in [1.807, 2.05) is 7.05 Å². The minimum atomic E-state index is 0.346. The summed E-state index contributed by atoms with van der Waals surface area (Å²) in [6.45, 7) is 7.39. The summed E-state index contributed by atoms with van der Waals surface area (Å²) in [4.78, 5) is 0. The minimum absolute atomic E-state index is 0.346. The van der Waals surface area contributed by atoms with Gasteiger partial charge in [0.25, 0.3) is 0 Å². The molecule has 114 valence electrons. The molecule has 0 fully saturated rings. The van der Waals surface area contributed by atoms with Crippen molar-refractivity contribution in [3.8, 4) is 0 Å². The van der Waals surface area contributed by atoms with E-state index >= 15 is 0 Å². The van der Waals surface area contributed by atoms with Crippen molar-refractivity contribution in [2.75, 3.05) is 7.05 Å². The topological polar surface area (TPSA) is 29.9 Å². The van der Waals surface area contributed by atoms with Gasteiger partial charge in [-0.1, -0.05) is 37.3 Å². The molecule has 0 bridgehead atoms. The highest BCUT2D eigenvalue weighted by Crippen LogP contribution is 2.29. The number of halogens is 1. The molecule has 2 atom stereocenters. The summed E-state index contributed by atoms with van der Waals surface area (Å²) in [6.07, 6.45) is 0.996. The third-order valence-electron chi connectivity index (χ3n) is 4.01. The molecule has 0 aliphatic rings. The van der Waals surface area contributed by atoms with Gasteiger partial charge in [-0.2, -0.15) is 5.10 Å². The van der Waals surface area contributed by atoms with Gasteiger partial charge in [0.15, 0.2) is 0 Å². The van der Waals surface area contributed by atoms with Crippen LogP contribution in [0.25, 0.3) is 0 Å². The third kappa shape index (κ3) is 3.55. The molecular weight excluding hydrogens is 326 g/mol. The Kier molecular flexibility index (Phi) is 5.59. The van der Waals surface area contributed by atoms with Crippen LogP contribution in [-0.4, -0.2) is 16.8 Å². The van der Waals surface area contributed by atoms with Gasteiger partial charge >= 0.3 is 0 Å². The predicted molar refractivity (Wildman–Crippen MR) is 91.4 cm³/mol. The standard InChI is InChI=1S/C17H24BrN3/c1-5-21-15(16(18)13(3)20-21)11-12(2)17(19-4)14-9-7-6-8-10-14/h6-10,12,17,19H,5,11H2,1-4H3. The van der Waals surface area contributed by atoms with E-state index in [2.05, 4.69) is 82.1 Å². The molecule has 1 heterocycles. The van der Waals surface area contributed by atoms with Crippen molar-refractivity contribution < 1.29 is 0 Å². The third-order valence-corrected chi connectivity index (χ3v) is 5.04. The predicted octanol–water partition coefficient (Wildman–Crippen LogP) is 4.11. The first-order chi connectivity index (χ1) is 10.1. The van der Waals surface area contributed by atoms with Crippen LogP contribution < -0.4 is 5.32 Å². The molecule has 0 saturated heterocycles. The largest absolute Gasteiger partial charge is 0.313 e. The van der Waals surface area contributed by atoms with Gasteiger partial charge in [0, 0.05) is 12.6 Å². The zero-order valence-corrected chi connectivity index (χ0v) is 14.8. The van der Waals surface area contributed by atoms with Crippen LogP contribution in [0.15, 0.2) is 34.8 Å². The van der Waals surface area contributed by atoms with Gasteiger partial charge in [0.05, 0.1) is 15.9 Å². The monoisotopic (exact) mass is 349 g/mol. The van der Waals surface area contributed by atoms with Crippen LogP contribution in [0, 0.1) is 12.8 Å². The fourth-order valence-corrected chi connectivity index (χ4v) is 3.37. The van der Waals surface area contributed by atoms with E-state index in [0.29, 0.717) is 12.0 Å². The van der Waals surface area contributed by atoms with Crippen molar-refractivity contribution in [3.63, 3.8) is 0 Å². The molecule has 2 aromatic rings. The second kappa shape index (κ2) is 7.23. The molecular formula is C17H24BrN3. The van der Waals surface area contributed by atoms with Crippen molar-refractivity contribution in [2.24, 2.45) is 5.92 Å². The summed E-state index contributed by atoms with van der Waals surface area (Å²) in [5.41, 5.74) is 3.70. The molecule has 3 nitrogen and oxygen atoms in total. The van der Waals surface area contributed by atoms with Crippen molar-refractivity contribution in [3.05, 3.63) is 51.8 Å². The Morgan fingerprint density at radius 1 is 1.29 bits per heavy atom. The van der Waals surface area contributed by atoms with Crippen molar-refractivity contribution in [1.82, 2.24) is 15.1 Å². The number of nitrogens with one attached hydrogen (secondary N) is 1. The number of nitrogens with zero attached hydrogens (tertiary/aromatic N) is 2. The second-order valence-corrected chi connectivity index (χ2v) is 6.31. The van der Waals surface area contributed by atoms with Crippen molar-refractivity contribution >= 4 is 15.9 Å². The van der Waals surface area contributed by atoms with Gasteiger partial charge in [0.2, 0.25) is 0 Å². The van der Waals surface area contributed by atoms with Gasteiger partial charge in [-0.05, 0) is 54.7 Å². The maximum atomic E-state index is 4.59. The number of hydrogen-bond acceptors (Lipinski definition) is 2. The van der Waals surface area contributed by atoms with Crippen LogP contribution in [0.2, 0.25) is 0 Å². The maximum Gasteiger partial charge on any atom is 0.0738 e. The van der Waals surface area contributed by atoms with E-state index in [1.165, 1.54) is 11.3 Å². The Balaban J connectivity index is 2.22. The van der Waals surface area contributed by atoms with Crippen LogP contribution >= 0.6 is 15.9 Å². The Bertz CT molecular complexity index is 577. The Hall–Kier alpha value is -1.13. The summed E-state index contributed by atoms with van der Waals surface area (Å²) >= 11 is 3.69. The minimum Gasteiger partial charge on any atom is -0.313 e. The summed E-state index contributed by atoms with van der Waals surface area (Å²) < 4.78 is 3.26. The summed E-state index contributed by atoms with van der Waals surface area (Å²) in [6, 6.07) is 11.0. The first-order valence-electron chi connectivity index (χ1n) is 7.52. The first kappa shape index (κ1) is 16.2. The van der Waals surface area contributed by atoms with E-state index in [4.69, 9.17) is 0 Å². The molecule has 0 aliphatic carbocycles. The number of rotatable bonds is 6. The number of benzene rings is 1. The molecule has 1 aromatic carbocycles. The summed E-state index contributed by atoms with van der Waals surface area (Å²) in [7, 11) is 2.03. The lowest BCUT2D eigenvalue weighted by Crippen LogP contribution is -2.25. The lowest BCUT2D eigenvalue weighted by atomic mass is 9.91. The molecule has 0 spiro atoms. The first-order valence-corrected chi connectivity index (χ1v) is 8.31. The fraction of sp³-hybridized carbons (Fsp3) is 0.471. The summed E-state index contributed by atoms with van der Waals surface area (Å²) in [5.74, 6) is 0.482. The van der Waals surface area contributed by atoms with Gasteiger partial charge < -0.3 is 5.32 Å². The van der Waals surface area contributed by atoms with Crippen molar-refractivity contribution in [2.45, 2.75) is 39.8 Å². The van der Waals surface area contributed by atoms with Crippen molar-refractivity contribution in [1.29, 1.82) is 0 Å². The summed E-state index contributed by atoms with van der Waals surface area (Å²) in [5, 5.41) is 8.05. The Labute approximate surface area is 135 Å². The second-order valence-electron chi connectivity index (χ2n) is 5.52. The SMILES string of the molecule is CCn1nc(C)c(Br)c1CC(C)C(NC)c1ccccc1. The lowest BCUT2D eigenvalue weighted by molar-refractivity contribution is 0.397. The molecule has 0 radical (unpaired) electrons. The van der Waals surface area contributed by atoms with E-state index in [-0.39, 0.29) is 0 Å². The normalized spacial score (nSPS) is 14.1. The van der Waals surface area contributed by atoms with Gasteiger partial charge in [0.1, 0.15) is 0 Å². The maximum absolute atomic E-state index is 4.59. The molecule has 0 saturated carbocycles. The molecule has 0 amide bonds. The number of aromatic nitrogens is 2. The Morgan fingerprint density at radius 3 is 2.52 bits per heavy atom. The van der Waals surface area contributed by atoms with Gasteiger partial charge in [-0.3, -0.25) is 4.68 Å². The average Bonchev–Trinajstić information content (AvgIpc) is 2.77. The fourth-order valence-electron chi connectivity index (χ4n) is 2.93. The molecule has 1 aromatic heterocycles. The highest BCUT2D eigenvalue weighted by Gasteiger charge is 2.21. The van der Waals surface area contributed by atoms with E-state index < -0.39 is 0 Å². The lowest BCUT2D eigenvalue weighted by Gasteiger charge is -2.24. The van der Waals surface area contributed by atoms with E-state index in [0.717, 1.165) is 23.1 Å². The Morgan fingerprint density at radius 2 is 1.95 bits per heavy atom.